The molecule has 2 heterocycles. The molecule has 5 nitrogen and oxygen atoms in total. The van der Waals surface area contributed by atoms with Gasteiger partial charge in [-0.2, -0.15) is 0 Å². The summed E-state index contributed by atoms with van der Waals surface area (Å²) < 4.78 is 18.1. The lowest BCUT2D eigenvalue weighted by Gasteiger charge is -2.67. The van der Waals surface area contributed by atoms with E-state index in [9.17, 15) is 4.79 Å². The van der Waals surface area contributed by atoms with Crippen LogP contribution in [-0.2, 0) is 26.1 Å². The van der Waals surface area contributed by atoms with Gasteiger partial charge in [-0.15, -0.1) is 12.4 Å². The summed E-state index contributed by atoms with van der Waals surface area (Å²) in [5.74, 6) is 1.42. The van der Waals surface area contributed by atoms with Crippen LogP contribution in [0.2, 0.25) is 0 Å². The summed E-state index contributed by atoms with van der Waals surface area (Å²) in [6.07, 6.45) is 5.73. The maximum Gasteiger partial charge on any atom is 0.134 e. The summed E-state index contributed by atoms with van der Waals surface area (Å²) in [5.41, 5.74) is 2.02. The van der Waals surface area contributed by atoms with Crippen LogP contribution in [0.1, 0.15) is 50.2 Å². The fraction of sp³-hybridized carbons (Fsp3) is 0.708. The number of hydrogen-bond donors (Lipinski definition) is 0. The molecule has 2 aliphatic heterocycles. The van der Waals surface area contributed by atoms with Crippen LogP contribution >= 0.6 is 12.4 Å². The van der Waals surface area contributed by atoms with Crippen molar-refractivity contribution in [2.24, 2.45) is 5.92 Å². The zero-order chi connectivity index (χ0) is 20.2. The average Bonchev–Trinajstić information content (AvgIpc) is 3.22. The zero-order valence-electron chi connectivity index (χ0n) is 18.3. The normalized spacial score (nSPS) is 37.8. The van der Waals surface area contributed by atoms with E-state index in [1.54, 1.807) is 7.11 Å². The van der Waals surface area contributed by atoms with E-state index in [1.165, 1.54) is 11.1 Å². The second kappa shape index (κ2) is 8.09. The Balaban J connectivity index is 0.00000218. The number of ketones is 1. The molecule has 1 aromatic rings. The molecule has 166 valence electrons. The molecule has 0 radical (unpaired) electrons. The predicted octanol–water partition coefficient (Wildman–Crippen LogP) is 3.55. The van der Waals surface area contributed by atoms with Crippen molar-refractivity contribution in [3.05, 3.63) is 29.3 Å². The summed E-state index contributed by atoms with van der Waals surface area (Å²) in [4.78, 5) is 15.5. The molecule has 30 heavy (non-hydrogen) atoms. The third kappa shape index (κ3) is 2.96. The van der Waals surface area contributed by atoms with Crippen LogP contribution < -0.4 is 4.74 Å². The molecule has 0 spiro atoms. The Morgan fingerprint density at radius 3 is 2.80 bits per heavy atom. The number of ether oxygens (including phenoxy) is 3. The summed E-state index contributed by atoms with van der Waals surface area (Å²) in [6, 6.07) is 6.72. The first-order valence-electron chi connectivity index (χ1n) is 11.1. The van der Waals surface area contributed by atoms with Gasteiger partial charge in [-0.1, -0.05) is 13.0 Å². The van der Waals surface area contributed by atoms with Crippen LogP contribution in [0.5, 0.6) is 5.75 Å². The molecule has 1 aromatic carbocycles. The topological polar surface area (TPSA) is 48.0 Å². The second-order valence-corrected chi connectivity index (χ2v) is 9.52. The number of nitrogens with zero attached hydrogens (tertiary/aromatic N) is 1. The van der Waals surface area contributed by atoms with Crippen molar-refractivity contribution in [1.29, 1.82) is 0 Å². The Morgan fingerprint density at radius 2 is 2.10 bits per heavy atom. The largest absolute Gasteiger partial charge is 0.497 e. The first kappa shape index (κ1) is 22.1. The van der Waals surface area contributed by atoms with Gasteiger partial charge < -0.3 is 14.2 Å². The van der Waals surface area contributed by atoms with Gasteiger partial charge in [-0.25, -0.2) is 0 Å². The minimum Gasteiger partial charge on any atom is -0.497 e. The van der Waals surface area contributed by atoms with Crippen molar-refractivity contribution in [2.75, 3.05) is 33.9 Å². The molecule has 0 aromatic heterocycles. The molecule has 2 bridgehead atoms. The number of fused-ring (bicyclic) bond motifs is 1. The monoisotopic (exact) mass is 435 g/mol. The second-order valence-electron chi connectivity index (χ2n) is 9.52. The predicted molar refractivity (Wildman–Crippen MR) is 118 cm³/mol. The van der Waals surface area contributed by atoms with Crippen LogP contribution in [-0.4, -0.2) is 62.3 Å². The van der Waals surface area contributed by atoms with Crippen LogP contribution in [0.3, 0.4) is 0 Å². The first-order chi connectivity index (χ1) is 14.0. The van der Waals surface area contributed by atoms with E-state index in [2.05, 4.69) is 30.0 Å². The number of benzene rings is 1. The van der Waals surface area contributed by atoms with Gasteiger partial charge in [0.05, 0.1) is 18.8 Å². The number of hydrogen-bond acceptors (Lipinski definition) is 5. The smallest absolute Gasteiger partial charge is 0.134 e. The lowest BCUT2D eigenvalue weighted by atomic mass is 9.46. The molecule has 2 aliphatic carbocycles. The number of carbonyl (C=O) groups excluding carboxylic acids is 1. The zero-order valence-corrected chi connectivity index (χ0v) is 19.1. The van der Waals surface area contributed by atoms with Gasteiger partial charge in [0.2, 0.25) is 0 Å². The number of Topliss-reactive ketones (excluding diaryl/α,β-unsaturated/α-hetero) is 1. The van der Waals surface area contributed by atoms with Crippen molar-refractivity contribution in [3.8, 4) is 5.75 Å². The highest BCUT2D eigenvalue weighted by Gasteiger charge is 2.68. The standard InChI is InChI=1S/C24H33NO4.ClH/c1-16-11-18(26)14-23-8-9-25(15-20-5-4-10-29-20)22(24(16,23)28-3)12-17-6-7-19(27-2)13-21(17)23;/h6-7,13,16,20,22H,4-5,8-12,14-15H2,1-3H3;1H/t16?,20?,22-,23-,24-;/m1./s1. The molecule has 0 N–H and O–H groups in total. The molecule has 4 aliphatic rings. The van der Waals surface area contributed by atoms with E-state index < -0.39 is 0 Å². The third-order valence-corrected chi connectivity index (χ3v) is 8.32. The van der Waals surface area contributed by atoms with Gasteiger partial charge >= 0.3 is 0 Å². The van der Waals surface area contributed by atoms with E-state index in [-0.39, 0.29) is 35.4 Å². The summed E-state index contributed by atoms with van der Waals surface area (Å²) in [7, 11) is 3.59. The molecule has 2 unspecified atom stereocenters. The third-order valence-electron chi connectivity index (χ3n) is 8.32. The van der Waals surface area contributed by atoms with Crippen molar-refractivity contribution >= 4 is 18.2 Å². The molecule has 6 heteroatoms. The Morgan fingerprint density at radius 1 is 1.27 bits per heavy atom. The molecule has 5 atom stereocenters. The molecule has 2 saturated heterocycles. The van der Waals surface area contributed by atoms with E-state index in [4.69, 9.17) is 14.2 Å². The van der Waals surface area contributed by atoms with Crippen molar-refractivity contribution < 1.29 is 19.0 Å². The lowest BCUT2D eigenvalue weighted by molar-refractivity contribution is -0.212. The van der Waals surface area contributed by atoms with Crippen molar-refractivity contribution in [3.63, 3.8) is 0 Å². The fourth-order valence-electron chi connectivity index (χ4n) is 7.24. The number of piperidine rings is 1. The fourth-order valence-corrected chi connectivity index (χ4v) is 7.24. The maximum atomic E-state index is 12.9. The van der Waals surface area contributed by atoms with E-state index in [0.717, 1.165) is 51.1 Å². The molecule has 3 fully saturated rings. The Bertz CT molecular complexity index is 810. The maximum absolute atomic E-state index is 12.9. The van der Waals surface area contributed by atoms with Crippen LogP contribution in [0.25, 0.3) is 0 Å². The minimum atomic E-state index is -0.350. The summed E-state index contributed by atoms with van der Waals surface area (Å²) >= 11 is 0. The molecule has 1 saturated carbocycles. The van der Waals surface area contributed by atoms with Gasteiger partial charge in [0.15, 0.2) is 0 Å². The number of rotatable bonds is 4. The quantitative estimate of drug-likeness (QED) is 0.723. The molecular formula is C24H34ClNO4. The molecular weight excluding hydrogens is 402 g/mol. The Kier molecular flexibility index (Phi) is 5.95. The van der Waals surface area contributed by atoms with E-state index >= 15 is 0 Å². The summed E-state index contributed by atoms with van der Waals surface area (Å²) in [6.45, 7) is 5.07. The van der Waals surface area contributed by atoms with Gasteiger partial charge in [-0.3, -0.25) is 9.69 Å². The van der Waals surface area contributed by atoms with E-state index in [1.807, 2.05) is 7.11 Å². The highest BCUT2D eigenvalue weighted by Crippen LogP contribution is 2.61. The van der Waals surface area contributed by atoms with Crippen LogP contribution in [0, 0.1) is 5.92 Å². The minimum absolute atomic E-state index is 0. The number of halogens is 1. The number of methoxy groups -OCH3 is 2. The molecule has 0 amide bonds. The highest BCUT2D eigenvalue weighted by molar-refractivity contribution is 5.85. The molecule has 5 rings (SSSR count). The Hall–Kier alpha value is -1.14. The average molecular weight is 436 g/mol. The Labute approximate surface area is 185 Å². The number of carbonyl (C=O) groups is 1. The SMILES string of the molecule is COc1ccc2c(c1)[C@]13CCN(CC4CCCO4)[C@H](C2)[C@]1(OC)C(C)CC(=O)C3.Cl. The van der Waals surface area contributed by atoms with Gasteiger partial charge in [0, 0.05) is 44.6 Å². The van der Waals surface area contributed by atoms with E-state index in [0.29, 0.717) is 24.7 Å². The van der Waals surface area contributed by atoms with Gasteiger partial charge in [-0.05, 0) is 61.4 Å². The van der Waals surface area contributed by atoms with Crippen molar-refractivity contribution in [2.45, 2.75) is 68.6 Å². The first-order valence-corrected chi connectivity index (χ1v) is 11.1. The lowest BCUT2D eigenvalue weighted by Crippen LogP contribution is -2.76. The van der Waals surface area contributed by atoms with Crippen molar-refractivity contribution in [1.82, 2.24) is 4.90 Å². The number of likely N-dealkylation sites (tertiary alicyclic amines) is 1. The highest BCUT2D eigenvalue weighted by atomic mass is 35.5. The van der Waals surface area contributed by atoms with Gasteiger partial charge in [0.1, 0.15) is 11.5 Å². The van der Waals surface area contributed by atoms with Gasteiger partial charge in [0.25, 0.3) is 0 Å². The summed E-state index contributed by atoms with van der Waals surface area (Å²) in [5, 5.41) is 0. The van der Waals surface area contributed by atoms with Crippen LogP contribution in [0.15, 0.2) is 18.2 Å². The van der Waals surface area contributed by atoms with Crippen LogP contribution in [0.4, 0.5) is 0 Å².